The molecule has 1 aromatic heterocycles. The highest BCUT2D eigenvalue weighted by Crippen LogP contribution is 2.27. The summed E-state index contributed by atoms with van der Waals surface area (Å²) in [7, 11) is 0. The Hall–Kier alpha value is -3.22. The SMILES string of the molecule is CC(=O)c1cccc(NC(=O)N2CCC(n3cnc4cc(F)ccc43)CC2)c1. The maximum Gasteiger partial charge on any atom is 0.321 e. The molecule has 0 radical (unpaired) electrons. The Labute approximate surface area is 162 Å². The lowest BCUT2D eigenvalue weighted by molar-refractivity contribution is 0.101. The lowest BCUT2D eigenvalue weighted by Gasteiger charge is -2.33. The number of imidazole rings is 1. The number of fused-ring (bicyclic) bond motifs is 1. The predicted octanol–water partition coefficient (Wildman–Crippen LogP) is 4.25. The van der Waals surface area contributed by atoms with Crippen molar-refractivity contribution in [1.82, 2.24) is 14.5 Å². The smallest absolute Gasteiger partial charge is 0.321 e. The third-order valence-electron chi connectivity index (χ3n) is 5.20. The van der Waals surface area contributed by atoms with Gasteiger partial charge in [-0.15, -0.1) is 0 Å². The number of likely N-dealkylation sites (tertiary alicyclic amines) is 1. The first-order valence-corrected chi connectivity index (χ1v) is 9.30. The second kappa shape index (κ2) is 7.42. The Balaban J connectivity index is 1.40. The van der Waals surface area contributed by atoms with Crippen LogP contribution in [-0.4, -0.2) is 39.4 Å². The average molecular weight is 380 g/mol. The number of carbonyl (C=O) groups is 2. The number of nitrogens with zero attached hydrogens (tertiary/aromatic N) is 3. The van der Waals surface area contributed by atoms with Crippen LogP contribution >= 0.6 is 0 Å². The van der Waals surface area contributed by atoms with E-state index < -0.39 is 0 Å². The number of nitrogens with one attached hydrogen (secondary N) is 1. The summed E-state index contributed by atoms with van der Waals surface area (Å²) in [5.41, 5.74) is 2.73. The second-order valence-corrected chi connectivity index (χ2v) is 7.07. The number of rotatable bonds is 3. The van der Waals surface area contributed by atoms with Crippen LogP contribution in [0.1, 0.15) is 36.2 Å². The molecule has 0 bridgehead atoms. The molecule has 1 aliphatic rings. The summed E-state index contributed by atoms with van der Waals surface area (Å²) in [6.07, 6.45) is 3.34. The third-order valence-corrected chi connectivity index (χ3v) is 5.20. The van der Waals surface area contributed by atoms with Crippen molar-refractivity contribution in [3.63, 3.8) is 0 Å². The number of hydrogen-bond donors (Lipinski definition) is 1. The fraction of sp³-hybridized carbons (Fsp3) is 0.286. The maximum atomic E-state index is 13.4. The Morgan fingerprint density at radius 2 is 1.93 bits per heavy atom. The van der Waals surface area contributed by atoms with Crippen molar-refractivity contribution in [3.05, 3.63) is 60.2 Å². The van der Waals surface area contributed by atoms with Crippen LogP contribution in [0.15, 0.2) is 48.8 Å². The molecule has 0 atom stereocenters. The van der Waals surface area contributed by atoms with Crippen molar-refractivity contribution in [2.75, 3.05) is 18.4 Å². The molecular weight excluding hydrogens is 359 g/mol. The molecule has 4 rings (SSSR count). The van der Waals surface area contributed by atoms with E-state index >= 15 is 0 Å². The molecule has 2 aromatic carbocycles. The van der Waals surface area contributed by atoms with Gasteiger partial charge in [0.15, 0.2) is 5.78 Å². The van der Waals surface area contributed by atoms with Gasteiger partial charge in [-0.2, -0.15) is 0 Å². The highest BCUT2D eigenvalue weighted by atomic mass is 19.1. The quantitative estimate of drug-likeness (QED) is 0.691. The highest BCUT2D eigenvalue weighted by Gasteiger charge is 2.25. The van der Waals surface area contributed by atoms with Gasteiger partial charge in [0.05, 0.1) is 17.4 Å². The van der Waals surface area contributed by atoms with Gasteiger partial charge in [0.25, 0.3) is 0 Å². The monoisotopic (exact) mass is 380 g/mol. The molecule has 28 heavy (non-hydrogen) atoms. The molecule has 0 saturated carbocycles. The summed E-state index contributed by atoms with van der Waals surface area (Å²) in [5, 5.41) is 2.87. The van der Waals surface area contributed by atoms with Gasteiger partial charge >= 0.3 is 6.03 Å². The molecule has 6 nitrogen and oxygen atoms in total. The minimum absolute atomic E-state index is 0.0376. The molecule has 1 N–H and O–H groups in total. The van der Waals surface area contributed by atoms with Crippen LogP contribution in [0.2, 0.25) is 0 Å². The van der Waals surface area contributed by atoms with E-state index in [0.29, 0.717) is 29.9 Å². The number of aromatic nitrogens is 2. The number of hydrogen-bond acceptors (Lipinski definition) is 3. The number of carbonyl (C=O) groups excluding carboxylic acids is 2. The molecule has 1 saturated heterocycles. The summed E-state index contributed by atoms with van der Waals surface area (Å²) >= 11 is 0. The van der Waals surface area contributed by atoms with Crippen molar-refractivity contribution in [1.29, 1.82) is 0 Å². The van der Waals surface area contributed by atoms with Crippen LogP contribution in [0, 0.1) is 5.82 Å². The van der Waals surface area contributed by atoms with Gasteiger partial charge in [0, 0.05) is 36.4 Å². The molecule has 0 spiro atoms. The zero-order chi connectivity index (χ0) is 19.7. The van der Waals surface area contributed by atoms with Crippen LogP contribution in [0.25, 0.3) is 11.0 Å². The molecule has 7 heteroatoms. The number of amides is 2. The fourth-order valence-electron chi connectivity index (χ4n) is 3.66. The van der Waals surface area contributed by atoms with Crippen molar-refractivity contribution < 1.29 is 14.0 Å². The molecule has 0 unspecified atom stereocenters. The van der Waals surface area contributed by atoms with Crippen LogP contribution in [0.5, 0.6) is 0 Å². The Morgan fingerprint density at radius 1 is 1.14 bits per heavy atom. The van der Waals surface area contributed by atoms with Crippen LogP contribution in [0.3, 0.4) is 0 Å². The number of halogens is 1. The van der Waals surface area contributed by atoms with E-state index in [-0.39, 0.29) is 23.7 Å². The Kier molecular flexibility index (Phi) is 4.81. The molecule has 1 aliphatic heterocycles. The predicted molar refractivity (Wildman–Crippen MR) is 105 cm³/mol. The number of urea groups is 1. The first-order chi connectivity index (χ1) is 13.5. The third kappa shape index (κ3) is 3.60. The Morgan fingerprint density at radius 3 is 2.68 bits per heavy atom. The lowest BCUT2D eigenvalue weighted by Crippen LogP contribution is -2.41. The van der Waals surface area contributed by atoms with E-state index in [1.807, 2.05) is 0 Å². The molecule has 2 amide bonds. The standard InChI is InChI=1S/C21H21FN4O2/c1-14(27)15-3-2-4-17(11-15)24-21(28)25-9-7-18(8-10-25)26-13-23-19-12-16(22)5-6-20(19)26/h2-6,11-13,18H,7-10H2,1H3,(H,24,28). The van der Waals surface area contributed by atoms with Gasteiger partial charge in [-0.05, 0) is 44.0 Å². The van der Waals surface area contributed by atoms with Crippen LogP contribution in [-0.2, 0) is 0 Å². The van der Waals surface area contributed by atoms with E-state index in [4.69, 9.17) is 0 Å². The topological polar surface area (TPSA) is 67.2 Å². The van der Waals surface area contributed by atoms with Crippen molar-refractivity contribution in [3.8, 4) is 0 Å². The molecule has 1 fully saturated rings. The van der Waals surface area contributed by atoms with Gasteiger partial charge in [-0.3, -0.25) is 4.79 Å². The largest absolute Gasteiger partial charge is 0.327 e. The normalized spacial score (nSPS) is 15.0. The average Bonchev–Trinajstić information content (AvgIpc) is 3.11. The minimum Gasteiger partial charge on any atom is -0.327 e. The fourth-order valence-corrected chi connectivity index (χ4v) is 3.66. The number of Topliss-reactive ketones (excluding diaryl/α,β-unsaturated/α-hetero) is 1. The lowest BCUT2D eigenvalue weighted by atomic mass is 10.0. The van der Waals surface area contributed by atoms with E-state index in [2.05, 4.69) is 14.9 Å². The maximum absolute atomic E-state index is 13.4. The summed E-state index contributed by atoms with van der Waals surface area (Å²) in [6, 6.07) is 11.6. The summed E-state index contributed by atoms with van der Waals surface area (Å²) < 4.78 is 15.4. The van der Waals surface area contributed by atoms with Crippen LogP contribution in [0.4, 0.5) is 14.9 Å². The van der Waals surface area contributed by atoms with E-state index in [1.54, 1.807) is 41.6 Å². The van der Waals surface area contributed by atoms with Gasteiger partial charge in [0.2, 0.25) is 0 Å². The number of piperidine rings is 1. The van der Waals surface area contributed by atoms with Crippen LogP contribution < -0.4 is 5.32 Å². The zero-order valence-electron chi connectivity index (χ0n) is 15.6. The highest BCUT2D eigenvalue weighted by molar-refractivity contribution is 5.96. The first-order valence-electron chi connectivity index (χ1n) is 9.30. The minimum atomic E-state index is -0.293. The second-order valence-electron chi connectivity index (χ2n) is 7.07. The van der Waals surface area contributed by atoms with E-state index in [1.165, 1.54) is 19.1 Å². The van der Waals surface area contributed by atoms with Crippen molar-refractivity contribution in [2.45, 2.75) is 25.8 Å². The van der Waals surface area contributed by atoms with E-state index in [9.17, 15) is 14.0 Å². The van der Waals surface area contributed by atoms with Crippen molar-refractivity contribution >= 4 is 28.5 Å². The summed E-state index contributed by atoms with van der Waals surface area (Å²) in [4.78, 5) is 30.1. The first kappa shape index (κ1) is 18.2. The van der Waals surface area contributed by atoms with Crippen molar-refractivity contribution in [2.24, 2.45) is 0 Å². The summed E-state index contributed by atoms with van der Waals surface area (Å²) in [5.74, 6) is -0.331. The Bertz CT molecular complexity index is 1040. The number of anilines is 1. The summed E-state index contributed by atoms with van der Waals surface area (Å²) in [6.45, 7) is 2.73. The molecular formula is C21H21FN4O2. The molecule has 2 heterocycles. The van der Waals surface area contributed by atoms with Gasteiger partial charge < -0.3 is 14.8 Å². The number of ketones is 1. The van der Waals surface area contributed by atoms with Gasteiger partial charge in [-0.25, -0.2) is 14.2 Å². The van der Waals surface area contributed by atoms with E-state index in [0.717, 1.165) is 18.4 Å². The zero-order valence-corrected chi connectivity index (χ0v) is 15.6. The number of benzene rings is 2. The molecule has 3 aromatic rings. The molecule has 144 valence electrons. The molecule has 0 aliphatic carbocycles. The van der Waals surface area contributed by atoms with Gasteiger partial charge in [-0.1, -0.05) is 12.1 Å². The van der Waals surface area contributed by atoms with Gasteiger partial charge in [0.1, 0.15) is 5.82 Å².